The van der Waals surface area contributed by atoms with Crippen molar-refractivity contribution in [2.24, 2.45) is 5.73 Å². The molecule has 106 valence electrons. The Morgan fingerprint density at radius 2 is 1.20 bits per heavy atom. The predicted octanol–water partition coefficient (Wildman–Crippen LogP) is 4.81. The van der Waals surface area contributed by atoms with E-state index >= 15 is 0 Å². The fourth-order valence-electron chi connectivity index (χ4n) is 2.50. The van der Waals surface area contributed by atoms with E-state index in [0.717, 1.165) is 6.54 Å². The van der Waals surface area contributed by atoms with Crippen LogP contribution >= 0.6 is 0 Å². The van der Waals surface area contributed by atoms with Gasteiger partial charge < -0.3 is 5.73 Å². The third-order valence-corrected chi connectivity index (χ3v) is 3.73. The first-order valence-electron chi connectivity index (χ1n) is 7.74. The highest BCUT2D eigenvalue weighted by Crippen LogP contribution is 2.20. The molecule has 0 aliphatic carbocycles. The van der Waals surface area contributed by atoms with Gasteiger partial charge in [0.2, 0.25) is 0 Å². The lowest BCUT2D eigenvalue weighted by Gasteiger charge is -2.05. The van der Waals surface area contributed by atoms with E-state index in [1.54, 1.807) is 0 Å². The average Bonchev–Trinajstić information content (AvgIpc) is 2.52. The summed E-state index contributed by atoms with van der Waals surface area (Å²) in [6, 6.07) is 19.6. The Hall–Kier alpha value is -1.60. The minimum Gasteiger partial charge on any atom is -0.330 e. The highest BCUT2D eigenvalue weighted by Gasteiger charge is 1.98. The van der Waals surface area contributed by atoms with Crippen molar-refractivity contribution < 1.29 is 0 Å². The van der Waals surface area contributed by atoms with Gasteiger partial charge in [-0.25, -0.2) is 0 Å². The van der Waals surface area contributed by atoms with E-state index in [1.807, 2.05) is 0 Å². The van der Waals surface area contributed by atoms with Crippen molar-refractivity contribution in [3.8, 4) is 11.1 Å². The fourth-order valence-corrected chi connectivity index (χ4v) is 2.50. The molecule has 1 nitrogen and oxygen atoms in total. The third-order valence-electron chi connectivity index (χ3n) is 3.73. The predicted molar refractivity (Wildman–Crippen MR) is 87.7 cm³/mol. The molecule has 2 aromatic carbocycles. The number of hydrogen-bond donors (Lipinski definition) is 1. The number of hydrogen-bond acceptors (Lipinski definition) is 1. The molecule has 0 aromatic heterocycles. The molecule has 2 rings (SSSR count). The number of benzene rings is 2. The van der Waals surface area contributed by atoms with Gasteiger partial charge in [0.1, 0.15) is 0 Å². The van der Waals surface area contributed by atoms with Crippen LogP contribution in [0, 0.1) is 0 Å². The van der Waals surface area contributed by atoms with E-state index in [2.05, 4.69) is 54.6 Å². The topological polar surface area (TPSA) is 26.0 Å². The maximum atomic E-state index is 5.50. The van der Waals surface area contributed by atoms with Crippen LogP contribution in [-0.2, 0) is 6.42 Å². The molecule has 0 aliphatic rings. The highest BCUT2D eigenvalue weighted by atomic mass is 14.5. The van der Waals surface area contributed by atoms with Crippen LogP contribution in [-0.4, -0.2) is 6.54 Å². The Morgan fingerprint density at radius 3 is 1.90 bits per heavy atom. The zero-order valence-electron chi connectivity index (χ0n) is 12.2. The summed E-state index contributed by atoms with van der Waals surface area (Å²) in [5.41, 5.74) is 9.54. The second-order valence-electron chi connectivity index (χ2n) is 5.37. The lowest BCUT2D eigenvalue weighted by atomic mass is 10.0. The van der Waals surface area contributed by atoms with Crippen LogP contribution in [0.5, 0.6) is 0 Å². The van der Waals surface area contributed by atoms with Crippen LogP contribution in [0.2, 0.25) is 0 Å². The van der Waals surface area contributed by atoms with Gasteiger partial charge in [-0.05, 0) is 42.5 Å². The second kappa shape index (κ2) is 8.55. The Morgan fingerprint density at radius 1 is 0.600 bits per heavy atom. The van der Waals surface area contributed by atoms with Crippen molar-refractivity contribution in [1.82, 2.24) is 0 Å². The molecule has 20 heavy (non-hydrogen) atoms. The number of unbranched alkanes of at least 4 members (excludes halogenated alkanes) is 4. The van der Waals surface area contributed by atoms with Gasteiger partial charge in [0.15, 0.2) is 0 Å². The van der Waals surface area contributed by atoms with Gasteiger partial charge in [-0.2, -0.15) is 0 Å². The van der Waals surface area contributed by atoms with Crippen molar-refractivity contribution in [3.05, 3.63) is 60.2 Å². The zero-order valence-corrected chi connectivity index (χ0v) is 12.2. The molecular formula is C19H25N. The summed E-state index contributed by atoms with van der Waals surface area (Å²) in [7, 11) is 0. The second-order valence-corrected chi connectivity index (χ2v) is 5.37. The summed E-state index contributed by atoms with van der Waals surface area (Å²) in [6.45, 7) is 0.834. The molecule has 0 spiro atoms. The maximum absolute atomic E-state index is 5.50. The molecule has 0 aliphatic heterocycles. The van der Waals surface area contributed by atoms with Crippen LogP contribution in [0.25, 0.3) is 11.1 Å². The first-order valence-corrected chi connectivity index (χ1v) is 7.74. The molecule has 0 bridgehead atoms. The number of aryl methyl sites for hydroxylation is 1. The van der Waals surface area contributed by atoms with Gasteiger partial charge in [-0.1, -0.05) is 73.9 Å². The minimum absolute atomic E-state index is 0.834. The van der Waals surface area contributed by atoms with Crippen LogP contribution in [0.4, 0.5) is 0 Å². The highest BCUT2D eigenvalue weighted by molar-refractivity contribution is 5.63. The summed E-state index contributed by atoms with van der Waals surface area (Å²) >= 11 is 0. The van der Waals surface area contributed by atoms with E-state index in [9.17, 15) is 0 Å². The molecule has 0 amide bonds. The van der Waals surface area contributed by atoms with E-state index in [4.69, 9.17) is 5.73 Å². The van der Waals surface area contributed by atoms with Crippen LogP contribution in [0.15, 0.2) is 54.6 Å². The largest absolute Gasteiger partial charge is 0.330 e. The number of rotatable bonds is 8. The van der Waals surface area contributed by atoms with Crippen molar-refractivity contribution in [3.63, 3.8) is 0 Å². The fraction of sp³-hybridized carbons (Fsp3) is 0.368. The van der Waals surface area contributed by atoms with Gasteiger partial charge in [0, 0.05) is 0 Å². The Bertz CT molecular complexity index is 473. The summed E-state index contributed by atoms with van der Waals surface area (Å²) in [5, 5.41) is 0. The van der Waals surface area contributed by atoms with Gasteiger partial charge >= 0.3 is 0 Å². The molecule has 0 saturated carbocycles. The van der Waals surface area contributed by atoms with Gasteiger partial charge in [-0.3, -0.25) is 0 Å². The Kier molecular flexibility index (Phi) is 6.33. The maximum Gasteiger partial charge on any atom is -0.00773 e. The Labute approximate surface area is 122 Å². The average molecular weight is 267 g/mol. The summed E-state index contributed by atoms with van der Waals surface area (Å²) in [6.07, 6.45) is 7.57. The molecule has 0 saturated heterocycles. The minimum atomic E-state index is 0.834. The van der Waals surface area contributed by atoms with Gasteiger partial charge in [0.25, 0.3) is 0 Å². The Balaban J connectivity index is 1.77. The van der Waals surface area contributed by atoms with E-state index in [0.29, 0.717) is 0 Å². The van der Waals surface area contributed by atoms with Crippen LogP contribution in [0.3, 0.4) is 0 Å². The van der Waals surface area contributed by atoms with Crippen LogP contribution in [0.1, 0.15) is 37.7 Å². The van der Waals surface area contributed by atoms with E-state index in [1.165, 1.54) is 55.2 Å². The first-order chi connectivity index (χ1) is 9.90. The third kappa shape index (κ3) is 4.82. The summed E-state index contributed by atoms with van der Waals surface area (Å²) in [4.78, 5) is 0. The summed E-state index contributed by atoms with van der Waals surface area (Å²) in [5.74, 6) is 0. The molecule has 0 unspecified atom stereocenters. The van der Waals surface area contributed by atoms with Crippen LogP contribution < -0.4 is 5.73 Å². The molecule has 2 aromatic rings. The molecule has 1 heteroatoms. The van der Waals surface area contributed by atoms with E-state index in [-0.39, 0.29) is 0 Å². The smallest absolute Gasteiger partial charge is 0.00773 e. The molecule has 0 radical (unpaired) electrons. The molecule has 0 atom stereocenters. The van der Waals surface area contributed by atoms with E-state index < -0.39 is 0 Å². The molecular weight excluding hydrogens is 242 g/mol. The molecule has 2 N–H and O–H groups in total. The lowest BCUT2D eigenvalue weighted by Crippen LogP contribution is -1.97. The zero-order chi connectivity index (χ0) is 14.0. The molecule has 0 fully saturated rings. The van der Waals surface area contributed by atoms with Gasteiger partial charge in [0.05, 0.1) is 0 Å². The number of nitrogens with two attached hydrogens (primary N) is 1. The quantitative estimate of drug-likeness (QED) is 0.683. The normalized spacial score (nSPS) is 10.7. The van der Waals surface area contributed by atoms with Gasteiger partial charge in [-0.15, -0.1) is 0 Å². The van der Waals surface area contributed by atoms with Crippen molar-refractivity contribution >= 4 is 0 Å². The van der Waals surface area contributed by atoms with Crippen molar-refractivity contribution in [2.75, 3.05) is 6.54 Å². The lowest BCUT2D eigenvalue weighted by molar-refractivity contribution is 0.618. The monoisotopic (exact) mass is 267 g/mol. The molecule has 0 heterocycles. The summed E-state index contributed by atoms with van der Waals surface area (Å²) < 4.78 is 0. The standard InChI is InChI=1S/C19H25N/c20-16-8-3-1-2-5-9-17-12-14-19(15-13-17)18-10-6-4-7-11-18/h4,6-7,10-15H,1-3,5,8-9,16,20H2. The first kappa shape index (κ1) is 14.8. The van der Waals surface area contributed by atoms with Crippen molar-refractivity contribution in [1.29, 1.82) is 0 Å². The SMILES string of the molecule is NCCCCCCCc1ccc(-c2ccccc2)cc1. The van der Waals surface area contributed by atoms with Crippen molar-refractivity contribution in [2.45, 2.75) is 38.5 Å².